The van der Waals surface area contributed by atoms with E-state index in [9.17, 15) is 0 Å². The maximum absolute atomic E-state index is 5.63. The van der Waals surface area contributed by atoms with Crippen LogP contribution in [0.4, 0.5) is 0 Å². The van der Waals surface area contributed by atoms with Crippen LogP contribution in [0.25, 0.3) is 0 Å². The molecule has 0 bridgehead atoms. The Bertz CT molecular complexity index is 358. The van der Waals surface area contributed by atoms with Gasteiger partial charge in [-0.1, -0.05) is 6.07 Å². The van der Waals surface area contributed by atoms with Gasteiger partial charge in [-0.2, -0.15) is 0 Å². The van der Waals surface area contributed by atoms with Crippen LogP contribution >= 0.6 is 0 Å². The van der Waals surface area contributed by atoms with Crippen molar-refractivity contribution in [3.8, 4) is 5.75 Å². The standard InChI is InChI=1S/C12H14O3/c1-2-11(14-7-12-8-15-12)5-9-3-4-13-6-10(1)9/h1-2,5,12H,3-4,6-8H2. The molecule has 0 spiro atoms. The monoisotopic (exact) mass is 206 g/mol. The molecule has 1 saturated heterocycles. The summed E-state index contributed by atoms with van der Waals surface area (Å²) in [7, 11) is 0. The molecule has 1 aromatic carbocycles. The van der Waals surface area contributed by atoms with Gasteiger partial charge < -0.3 is 14.2 Å². The first kappa shape index (κ1) is 9.19. The molecule has 1 fully saturated rings. The van der Waals surface area contributed by atoms with Crippen molar-refractivity contribution in [2.24, 2.45) is 0 Å². The van der Waals surface area contributed by atoms with Gasteiger partial charge >= 0.3 is 0 Å². The molecule has 0 aliphatic carbocycles. The van der Waals surface area contributed by atoms with E-state index in [1.165, 1.54) is 11.1 Å². The first-order valence-corrected chi connectivity index (χ1v) is 5.36. The van der Waals surface area contributed by atoms with Gasteiger partial charge in [-0.3, -0.25) is 0 Å². The fourth-order valence-electron chi connectivity index (χ4n) is 1.78. The highest BCUT2D eigenvalue weighted by Crippen LogP contribution is 2.23. The van der Waals surface area contributed by atoms with E-state index in [2.05, 4.69) is 12.1 Å². The summed E-state index contributed by atoms with van der Waals surface area (Å²) in [5.74, 6) is 0.950. The van der Waals surface area contributed by atoms with Crippen molar-refractivity contribution >= 4 is 0 Å². The second-order valence-electron chi connectivity index (χ2n) is 4.00. The Hall–Kier alpha value is -1.06. The fraction of sp³-hybridized carbons (Fsp3) is 0.500. The Morgan fingerprint density at radius 3 is 3.13 bits per heavy atom. The lowest BCUT2D eigenvalue weighted by molar-refractivity contribution is 0.110. The third kappa shape index (κ3) is 2.13. The topological polar surface area (TPSA) is 31.0 Å². The van der Waals surface area contributed by atoms with Crippen molar-refractivity contribution in [1.29, 1.82) is 0 Å². The summed E-state index contributed by atoms with van der Waals surface area (Å²) in [6.07, 6.45) is 1.32. The highest BCUT2D eigenvalue weighted by molar-refractivity contribution is 5.36. The van der Waals surface area contributed by atoms with Gasteiger partial charge in [-0.05, 0) is 29.7 Å². The van der Waals surface area contributed by atoms with Crippen LogP contribution in [0.1, 0.15) is 11.1 Å². The number of fused-ring (bicyclic) bond motifs is 1. The van der Waals surface area contributed by atoms with Crippen LogP contribution in [0.5, 0.6) is 5.75 Å². The van der Waals surface area contributed by atoms with Gasteiger partial charge in [0.25, 0.3) is 0 Å². The molecule has 2 aliphatic heterocycles. The van der Waals surface area contributed by atoms with Crippen molar-refractivity contribution in [2.45, 2.75) is 19.1 Å². The zero-order chi connectivity index (χ0) is 10.1. The number of hydrogen-bond donors (Lipinski definition) is 0. The first-order chi connectivity index (χ1) is 7.42. The lowest BCUT2D eigenvalue weighted by atomic mass is 10.0. The van der Waals surface area contributed by atoms with E-state index in [0.29, 0.717) is 12.7 Å². The van der Waals surface area contributed by atoms with Gasteiger partial charge in [0.2, 0.25) is 0 Å². The van der Waals surface area contributed by atoms with Crippen molar-refractivity contribution in [2.75, 3.05) is 19.8 Å². The molecule has 1 atom stereocenters. The maximum atomic E-state index is 5.63. The van der Waals surface area contributed by atoms with E-state index in [-0.39, 0.29) is 0 Å². The van der Waals surface area contributed by atoms with E-state index >= 15 is 0 Å². The SMILES string of the molecule is c1cc2c(cc1OCC1CO1)CCOC2. The third-order valence-corrected chi connectivity index (χ3v) is 2.79. The Morgan fingerprint density at radius 2 is 2.27 bits per heavy atom. The van der Waals surface area contributed by atoms with Crippen LogP contribution in [0.2, 0.25) is 0 Å². The number of benzene rings is 1. The Morgan fingerprint density at radius 1 is 1.33 bits per heavy atom. The minimum Gasteiger partial charge on any atom is -0.491 e. The summed E-state index contributed by atoms with van der Waals surface area (Å²) in [5, 5.41) is 0. The zero-order valence-corrected chi connectivity index (χ0v) is 8.57. The minimum atomic E-state index is 0.323. The summed E-state index contributed by atoms with van der Waals surface area (Å²) >= 11 is 0. The highest BCUT2D eigenvalue weighted by atomic mass is 16.6. The van der Waals surface area contributed by atoms with Gasteiger partial charge in [0.1, 0.15) is 18.5 Å². The molecular formula is C12H14O3. The van der Waals surface area contributed by atoms with E-state index < -0.39 is 0 Å². The van der Waals surface area contributed by atoms with Crippen molar-refractivity contribution in [1.82, 2.24) is 0 Å². The predicted octanol–water partition coefficient (Wildman–Crippen LogP) is 1.54. The minimum absolute atomic E-state index is 0.323. The summed E-state index contributed by atoms with van der Waals surface area (Å²) < 4.78 is 16.1. The molecule has 80 valence electrons. The molecule has 0 amide bonds. The molecule has 15 heavy (non-hydrogen) atoms. The number of epoxide rings is 1. The largest absolute Gasteiger partial charge is 0.491 e. The van der Waals surface area contributed by atoms with Crippen molar-refractivity contribution in [3.63, 3.8) is 0 Å². The molecule has 1 unspecified atom stereocenters. The fourth-order valence-corrected chi connectivity index (χ4v) is 1.78. The van der Waals surface area contributed by atoms with Crippen LogP contribution in [-0.4, -0.2) is 25.9 Å². The molecule has 0 aromatic heterocycles. The molecule has 2 aliphatic rings. The van der Waals surface area contributed by atoms with Gasteiger partial charge in [0, 0.05) is 0 Å². The molecule has 0 radical (unpaired) electrons. The van der Waals surface area contributed by atoms with Gasteiger partial charge in [0.05, 0.1) is 19.8 Å². The number of rotatable bonds is 3. The number of hydrogen-bond acceptors (Lipinski definition) is 3. The second kappa shape index (κ2) is 3.83. The van der Waals surface area contributed by atoms with E-state index in [0.717, 1.165) is 32.0 Å². The summed E-state index contributed by atoms with van der Waals surface area (Å²) in [6.45, 7) is 3.08. The van der Waals surface area contributed by atoms with E-state index in [4.69, 9.17) is 14.2 Å². The van der Waals surface area contributed by atoms with E-state index in [1.54, 1.807) is 0 Å². The Labute approximate surface area is 89.0 Å². The van der Waals surface area contributed by atoms with Crippen molar-refractivity contribution in [3.05, 3.63) is 29.3 Å². The molecule has 1 aromatic rings. The highest BCUT2D eigenvalue weighted by Gasteiger charge is 2.23. The van der Waals surface area contributed by atoms with Gasteiger partial charge in [-0.25, -0.2) is 0 Å². The van der Waals surface area contributed by atoms with E-state index in [1.807, 2.05) is 6.07 Å². The Kier molecular flexibility index (Phi) is 2.35. The quantitative estimate of drug-likeness (QED) is 0.703. The van der Waals surface area contributed by atoms with Gasteiger partial charge in [-0.15, -0.1) is 0 Å². The first-order valence-electron chi connectivity index (χ1n) is 5.36. The maximum Gasteiger partial charge on any atom is 0.119 e. The summed E-state index contributed by atoms with van der Waals surface area (Å²) in [5.41, 5.74) is 2.65. The smallest absolute Gasteiger partial charge is 0.119 e. The normalized spacial score (nSPS) is 23.3. The lowest BCUT2D eigenvalue weighted by Gasteiger charge is -2.17. The predicted molar refractivity (Wildman–Crippen MR) is 55.0 cm³/mol. The van der Waals surface area contributed by atoms with Crippen LogP contribution in [0, 0.1) is 0 Å². The molecule has 3 nitrogen and oxygen atoms in total. The van der Waals surface area contributed by atoms with Gasteiger partial charge in [0.15, 0.2) is 0 Å². The molecule has 0 saturated carbocycles. The van der Waals surface area contributed by atoms with Crippen LogP contribution in [-0.2, 0) is 22.5 Å². The molecule has 2 heterocycles. The van der Waals surface area contributed by atoms with Crippen LogP contribution in [0.15, 0.2) is 18.2 Å². The molecule has 3 rings (SSSR count). The third-order valence-electron chi connectivity index (χ3n) is 2.79. The van der Waals surface area contributed by atoms with Crippen LogP contribution in [0.3, 0.4) is 0 Å². The Balaban J connectivity index is 1.71. The average Bonchev–Trinajstić information content (AvgIpc) is 3.10. The molecule has 0 N–H and O–H groups in total. The summed E-state index contributed by atoms with van der Waals surface area (Å²) in [6, 6.07) is 6.23. The molecule has 3 heteroatoms. The second-order valence-corrected chi connectivity index (χ2v) is 4.00. The van der Waals surface area contributed by atoms with Crippen molar-refractivity contribution < 1.29 is 14.2 Å². The lowest BCUT2D eigenvalue weighted by Crippen LogP contribution is -2.10. The summed E-state index contributed by atoms with van der Waals surface area (Å²) in [4.78, 5) is 0. The molecular weight excluding hydrogens is 192 g/mol. The van der Waals surface area contributed by atoms with Crippen LogP contribution < -0.4 is 4.74 Å². The average molecular weight is 206 g/mol. The zero-order valence-electron chi connectivity index (χ0n) is 8.57. The number of ether oxygens (including phenoxy) is 3.